The van der Waals surface area contributed by atoms with Gasteiger partial charge in [0.1, 0.15) is 6.10 Å². The quantitative estimate of drug-likeness (QED) is 0.654. The maximum Gasteiger partial charge on any atom is 0.506 e. The van der Waals surface area contributed by atoms with Gasteiger partial charge in [0.15, 0.2) is 0 Å². The molecule has 0 aromatic heterocycles. The van der Waals surface area contributed by atoms with Crippen molar-refractivity contribution in [3.63, 3.8) is 0 Å². The Kier molecular flexibility index (Phi) is 2.09. The summed E-state index contributed by atoms with van der Waals surface area (Å²) in [5.41, 5.74) is 0. The molecule has 2 bridgehead atoms. The van der Waals surface area contributed by atoms with Gasteiger partial charge in [-0.1, -0.05) is 0 Å². The summed E-state index contributed by atoms with van der Waals surface area (Å²) in [5, 5.41) is 17.3. The molecule has 0 saturated heterocycles. The number of carbonyl (C=O) groups is 2. The van der Waals surface area contributed by atoms with Crippen LogP contribution in [0.3, 0.4) is 0 Å². The maximum absolute atomic E-state index is 10.8. The summed E-state index contributed by atoms with van der Waals surface area (Å²) in [6.07, 6.45) is 0.480. The third-order valence-electron chi connectivity index (χ3n) is 3.32. The first kappa shape index (κ1) is 9.30. The Morgan fingerprint density at radius 1 is 1.14 bits per heavy atom. The Balaban J connectivity index is 2.04. The minimum Gasteiger partial charge on any atom is -0.481 e. The van der Waals surface area contributed by atoms with Crippen molar-refractivity contribution in [2.24, 2.45) is 17.8 Å². The molecule has 2 N–H and O–H groups in total. The molecule has 0 aliphatic heterocycles. The van der Waals surface area contributed by atoms with Crippen molar-refractivity contribution < 1.29 is 24.5 Å². The minimum atomic E-state index is -1.30. The fraction of sp³-hybridized carbons (Fsp3) is 0.778. The monoisotopic (exact) mass is 200 g/mol. The van der Waals surface area contributed by atoms with Gasteiger partial charge >= 0.3 is 12.1 Å². The largest absolute Gasteiger partial charge is 0.506 e. The fourth-order valence-electron chi connectivity index (χ4n) is 2.83. The van der Waals surface area contributed by atoms with Crippen molar-refractivity contribution in [3.8, 4) is 0 Å². The molecular weight excluding hydrogens is 188 g/mol. The van der Waals surface area contributed by atoms with Gasteiger partial charge in [-0.3, -0.25) is 4.79 Å². The normalized spacial score (nSPS) is 39.7. The standard InChI is InChI=1S/C9H12O5/c10-8(11)6-2-4-1-5(6)7(3-4)14-9(12)13/h4-7H,1-3H2,(H,10,11)(H,12,13). The Labute approximate surface area is 80.7 Å². The third kappa shape index (κ3) is 1.42. The maximum atomic E-state index is 10.8. The predicted molar refractivity (Wildman–Crippen MR) is 44.9 cm³/mol. The zero-order valence-corrected chi connectivity index (χ0v) is 7.55. The van der Waals surface area contributed by atoms with E-state index < -0.39 is 24.1 Å². The first-order chi connectivity index (χ1) is 6.58. The molecule has 2 aliphatic rings. The van der Waals surface area contributed by atoms with Crippen molar-refractivity contribution in [3.05, 3.63) is 0 Å². The molecule has 0 spiro atoms. The number of aliphatic carboxylic acids is 1. The Bertz CT molecular complexity index is 272. The number of carboxylic acid groups (broad SMARTS) is 2. The van der Waals surface area contributed by atoms with Gasteiger partial charge in [0.25, 0.3) is 0 Å². The van der Waals surface area contributed by atoms with Crippen LogP contribution in [0.2, 0.25) is 0 Å². The van der Waals surface area contributed by atoms with Crippen molar-refractivity contribution in [1.82, 2.24) is 0 Å². The van der Waals surface area contributed by atoms with E-state index >= 15 is 0 Å². The van der Waals surface area contributed by atoms with Gasteiger partial charge < -0.3 is 14.9 Å². The topological polar surface area (TPSA) is 83.8 Å². The molecule has 14 heavy (non-hydrogen) atoms. The molecule has 5 nitrogen and oxygen atoms in total. The van der Waals surface area contributed by atoms with E-state index in [1.54, 1.807) is 0 Å². The number of hydrogen-bond donors (Lipinski definition) is 2. The van der Waals surface area contributed by atoms with Crippen LogP contribution in [0, 0.1) is 17.8 Å². The Morgan fingerprint density at radius 2 is 1.86 bits per heavy atom. The van der Waals surface area contributed by atoms with E-state index in [0.29, 0.717) is 18.8 Å². The Morgan fingerprint density at radius 3 is 2.36 bits per heavy atom. The number of ether oxygens (including phenoxy) is 1. The molecule has 2 fully saturated rings. The van der Waals surface area contributed by atoms with Crippen LogP contribution in [0.25, 0.3) is 0 Å². The average molecular weight is 200 g/mol. The molecule has 0 radical (unpaired) electrons. The van der Waals surface area contributed by atoms with Crippen LogP contribution in [0.4, 0.5) is 4.79 Å². The summed E-state index contributed by atoms with van der Waals surface area (Å²) in [6.45, 7) is 0. The highest BCUT2D eigenvalue weighted by Crippen LogP contribution is 2.49. The summed E-state index contributed by atoms with van der Waals surface area (Å²) < 4.78 is 4.68. The van der Waals surface area contributed by atoms with Gasteiger partial charge in [0.05, 0.1) is 5.92 Å². The number of fused-ring (bicyclic) bond motifs is 2. The second-order valence-electron chi connectivity index (χ2n) is 4.10. The van der Waals surface area contributed by atoms with Crippen LogP contribution < -0.4 is 0 Å². The SMILES string of the molecule is O=C(O)OC1CC2CC(C(=O)O)C1C2. The summed E-state index contributed by atoms with van der Waals surface area (Å²) in [7, 11) is 0. The molecule has 4 atom stereocenters. The lowest BCUT2D eigenvalue weighted by Gasteiger charge is -2.25. The van der Waals surface area contributed by atoms with Crippen LogP contribution in [-0.2, 0) is 9.53 Å². The number of rotatable bonds is 2. The molecule has 2 aliphatic carbocycles. The highest BCUT2D eigenvalue weighted by molar-refractivity contribution is 5.71. The van der Waals surface area contributed by atoms with Gasteiger partial charge in [0.2, 0.25) is 0 Å². The highest BCUT2D eigenvalue weighted by Gasteiger charge is 2.50. The first-order valence-electron chi connectivity index (χ1n) is 4.70. The first-order valence-corrected chi connectivity index (χ1v) is 4.70. The van der Waals surface area contributed by atoms with E-state index in [9.17, 15) is 9.59 Å². The summed E-state index contributed by atoms with van der Waals surface area (Å²) in [4.78, 5) is 21.2. The van der Waals surface area contributed by atoms with E-state index in [1.807, 2.05) is 0 Å². The lowest BCUT2D eigenvalue weighted by atomic mass is 9.87. The minimum absolute atomic E-state index is 0.103. The van der Waals surface area contributed by atoms with E-state index in [0.717, 1.165) is 6.42 Å². The number of carboxylic acids is 1. The average Bonchev–Trinajstić information content (AvgIpc) is 2.60. The lowest BCUT2D eigenvalue weighted by Crippen LogP contribution is -2.33. The van der Waals surface area contributed by atoms with Crippen LogP contribution in [0.1, 0.15) is 19.3 Å². The molecule has 78 valence electrons. The molecule has 0 amide bonds. The second-order valence-corrected chi connectivity index (χ2v) is 4.10. The fourth-order valence-corrected chi connectivity index (χ4v) is 2.83. The molecule has 2 saturated carbocycles. The van der Waals surface area contributed by atoms with Gasteiger partial charge in [-0.2, -0.15) is 0 Å². The van der Waals surface area contributed by atoms with Gasteiger partial charge in [0, 0.05) is 5.92 Å². The molecular formula is C9H12O5. The summed E-state index contributed by atoms with van der Waals surface area (Å²) in [5.74, 6) is -0.992. The molecule has 2 rings (SSSR count). The van der Waals surface area contributed by atoms with E-state index in [1.165, 1.54) is 0 Å². The summed E-state index contributed by atoms with van der Waals surface area (Å²) in [6, 6.07) is 0. The van der Waals surface area contributed by atoms with Crippen molar-refractivity contribution in [1.29, 1.82) is 0 Å². The molecule has 0 heterocycles. The zero-order chi connectivity index (χ0) is 10.3. The van der Waals surface area contributed by atoms with Crippen molar-refractivity contribution in [2.45, 2.75) is 25.4 Å². The Hall–Kier alpha value is -1.26. The zero-order valence-electron chi connectivity index (χ0n) is 7.55. The van der Waals surface area contributed by atoms with Crippen molar-refractivity contribution in [2.75, 3.05) is 0 Å². The number of hydrogen-bond acceptors (Lipinski definition) is 3. The van der Waals surface area contributed by atoms with Crippen molar-refractivity contribution >= 4 is 12.1 Å². The van der Waals surface area contributed by atoms with Crippen LogP contribution in [0.15, 0.2) is 0 Å². The molecule has 0 aromatic rings. The lowest BCUT2D eigenvalue weighted by molar-refractivity contribution is -0.145. The van der Waals surface area contributed by atoms with Gasteiger partial charge in [-0.15, -0.1) is 0 Å². The predicted octanol–water partition coefficient (Wildman–Crippen LogP) is 1.18. The van der Waals surface area contributed by atoms with Crippen LogP contribution in [-0.4, -0.2) is 28.4 Å². The van der Waals surface area contributed by atoms with Crippen LogP contribution >= 0.6 is 0 Å². The highest BCUT2D eigenvalue weighted by atomic mass is 16.7. The van der Waals surface area contributed by atoms with Gasteiger partial charge in [-0.05, 0) is 25.2 Å². The third-order valence-corrected chi connectivity index (χ3v) is 3.32. The summed E-state index contributed by atoms with van der Waals surface area (Å²) >= 11 is 0. The second kappa shape index (κ2) is 3.15. The molecule has 5 heteroatoms. The van der Waals surface area contributed by atoms with E-state index in [2.05, 4.69) is 4.74 Å². The van der Waals surface area contributed by atoms with Gasteiger partial charge in [-0.25, -0.2) is 4.79 Å². The molecule has 0 aromatic carbocycles. The molecule has 4 unspecified atom stereocenters. The smallest absolute Gasteiger partial charge is 0.481 e. The van der Waals surface area contributed by atoms with E-state index in [-0.39, 0.29) is 5.92 Å². The van der Waals surface area contributed by atoms with Crippen LogP contribution in [0.5, 0.6) is 0 Å². The van der Waals surface area contributed by atoms with E-state index in [4.69, 9.17) is 10.2 Å².